The van der Waals surface area contributed by atoms with Gasteiger partial charge in [0.15, 0.2) is 0 Å². The summed E-state index contributed by atoms with van der Waals surface area (Å²) in [6.45, 7) is 7.48. The summed E-state index contributed by atoms with van der Waals surface area (Å²) in [6.07, 6.45) is 1.88. The van der Waals surface area contributed by atoms with Crippen molar-refractivity contribution in [3.8, 4) is 5.75 Å². The van der Waals surface area contributed by atoms with E-state index in [1.807, 2.05) is 18.2 Å². The maximum absolute atomic E-state index is 5.21. The smallest absolute Gasteiger partial charge is 0.119 e. The van der Waals surface area contributed by atoms with Gasteiger partial charge >= 0.3 is 0 Å². The van der Waals surface area contributed by atoms with Gasteiger partial charge in [0.05, 0.1) is 7.11 Å². The Balaban J connectivity index is 2.33. The van der Waals surface area contributed by atoms with Gasteiger partial charge in [-0.05, 0) is 24.7 Å². The van der Waals surface area contributed by atoms with Crippen molar-refractivity contribution in [1.82, 2.24) is 10.2 Å². The fourth-order valence-electron chi connectivity index (χ4n) is 1.64. The summed E-state index contributed by atoms with van der Waals surface area (Å²) < 4.78 is 5.21. The molecule has 1 N–H and O–H groups in total. The van der Waals surface area contributed by atoms with E-state index in [1.54, 1.807) is 7.11 Å². The van der Waals surface area contributed by atoms with Crippen LogP contribution in [0.2, 0.25) is 0 Å². The second-order valence-electron chi connectivity index (χ2n) is 4.08. The zero-order valence-corrected chi connectivity index (χ0v) is 10.8. The molecule has 0 unspecified atom stereocenters. The van der Waals surface area contributed by atoms with Crippen LogP contribution < -0.4 is 10.1 Å². The first-order valence-electron chi connectivity index (χ1n) is 5.89. The van der Waals surface area contributed by atoms with Crippen molar-refractivity contribution < 1.29 is 4.74 Å². The predicted molar refractivity (Wildman–Crippen MR) is 72.4 cm³/mol. The summed E-state index contributed by atoms with van der Waals surface area (Å²) in [5.41, 5.74) is 1.27. The van der Waals surface area contributed by atoms with E-state index in [-0.39, 0.29) is 0 Å². The Kier molecular flexibility index (Phi) is 6.37. The van der Waals surface area contributed by atoms with Gasteiger partial charge in [-0.1, -0.05) is 18.2 Å². The first-order chi connectivity index (χ1) is 8.26. The Morgan fingerprint density at radius 2 is 2.29 bits per heavy atom. The van der Waals surface area contributed by atoms with Crippen molar-refractivity contribution in [2.75, 3.05) is 33.8 Å². The van der Waals surface area contributed by atoms with Gasteiger partial charge < -0.3 is 15.0 Å². The minimum Gasteiger partial charge on any atom is -0.497 e. The standard InChI is InChI=1S/C14H22N2O/c1-4-8-15-9-10-16(2)12-13-6-5-7-14(11-13)17-3/h4-7,11,15H,1,8-10,12H2,2-3H3. The lowest BCUT2D eigenvalue weighted by molar-refractivity contribution is 0.325. The van der Waals surface area contributed by atoms with E-state index < -0.39 is 0 Å². The molecule has 3 nitrogen and oxygen atoms in total. The van der Waals surface area contributed by atoms with Gasteiger partial charge in [-0.25, -0.2) is 0 Å². The molecule has 0 aliphatic carbocycles. The third-order valence-corrected chi connectivity index (χ3v) is 2.55. The summed E-state index contributed by atoms with van der Waals surface area (Å²) in [4.78, 5) is 2.28. The van der Waals surface area contributed by atoms with Crippen LogP contribution in [0.4, 0.5) is 0 Å². The molecule has 17 heavy (non-hydrogen) atoms. The SMILES string of the molecule is C=CCNCCN(C)Cc1cccc(OC)c1. The van der Waals surface area contributed by atoms with Crippen LogP contribution in [0, 0.1) is 0 Å². The lowest BCUT2D eigenvalue weighted by atomic mass is 10.2. The molecule has 1 aromatic rings. The number of methoxy groups -OCH3 is 1. The van der Waals surface area contributed by atoms with Crippen LogP contribution in [-0.4, -0.2) is 38.7 Å². The highest BCUT2D eigenvalue weighted by Crippen LogP contribution is 2.13. The summed E-state index contributed by atoms with van der Waals surface area (Å²) in [6, 6.07) is 8.19. The van der Waals surface area contributed by atoms with E-state index in [0.717, 1.165) is 31.9 Å². The molecule has 0 atom stereocenters. The number of ether oxygens (including phenoxy) is 1. The van der Waals surface area contributed by atoms with E-state index in [2.05, 4.69) is 36.0 Å². The van der Waals surface area contributed by atoms with Crippen molar-refractivity contribution in [3.05, 3.63) is 42.5 Å². The average molecular weight is 234 g/mol. The molecule has 1 rings (SSSR count). The largest absolute Gasteiger partial charge is 0.497 e. The predicted octanol–water partition coefficient (Wildman–Crippen LogP) is 1.90. The van der Waals surface area contributed by atoms with E-state index in [1.165, 1.54) is 5.56 Å². The number of hydrogen-bond acceptors (Lipinski definition) is 3. The van der Waals surface area contributed by atoms with Crippen molar-refractivity contribution in [3.63, 3.8) is 0 Å². The number of nitrogens with one attached hydrogen (secondary N) is 1. The summed E-state index contributed by atoms with van der Waals surface area (Å²) in [7, 11) is 3.82. The van der Waals surface area contributed by atoms with Crippen LogP contribution in [0.25, 0.3) is 0 Å². The molecular formula is C14H22N2O. The van der Waals surface area contributed by atoms with Crippen molar-refractivity contribution >= 4 is 0 Å². The molecule has 94 valence electrons. The van der Waals surface area contributed by atoms with Crippen molar-refractivity contribution in [1.29, 1.82) is 0 Å². The van der Waals surface area contributed by atoms with Gasteiger partial charge in [-0.2, -0.15) is 0 Å². The Labute approximate surface area is 104 Å². The highest BCUT2D eigenvalue weighted by molar-refractivity contribution is 5.28. The molecule has 0 heterocycles. The number of rotatable bonds is 8. The lowest BCUT2D eigenvalue weighted by Gasteiger charge is -2.17. The molecule has 0 amide bonds. The Morgan fingerprint density at radius 3 is 3.00 bits per heavy atom. The van der Waals surface area contributed by atoms with Crippen LogP contribution in [0.15, 0.2) is 36.9 Å². The minimum atomic E-state index is 0.868. The maximum Gasteiger partial charge on any atom is 0.119 e. The maximum atomic E-state index is 5.21. The van der Waals surface area contributed by atoms with Crippen molar-refractivity contribution in [2.45, 2.75) is 6.54 Å². The monoisotopic (exact) mass is 234 g/mol. The van der Waals surface area contributed by atoms with Gasteiger partial charge in [0, 0.05) is 26.2 Å². The van der Waals surface area contributed by atoms with Gasteiger partial charge in [-0.3, -0.25) is 0 Å². The van der Waals surface area contributed by atoms with Crippen LogP contribution in [0.1, 0.15) is 5.56 Å². The second kappa shape index (κ2) is 7.87. The van der Waals surface area contributed by atoms with E-state index in [9.17, 15) is 0 Å². The van der Waals surface area contributed by atoms with Crippen LogP contribution in [0.3, 0.4) is 0 Å². The number of likely N-dealkylation sites (N-methyl/N-ethyl adjacent to an activating group) is 1. The zero-order valence-electron chi connectivity index (χ0n) is 10.8. The molecule has 0 aliphatic rings. The van der Waals surface area contributed by atoms with E-state index in [0.29, 0.717) is 0 Å². The summed E-state index contributed by atoms with van der Waals surface area (Å²) in [5.74, 6) is 0.917. The Morgan fingerprint density at radius 1 is 1.47 bits per heavy atom. The first kappa shape index (κ1) is 13.7. The Bertz CT molecular complexity index is 339. The van der Waals surface area contributed by atoms with Crippen LogP contribution >= 0.6 is 0 Å². The van der Waals surface area contributed by atoms with E-state index in [4.69, 9.17) is 4.74 Å². The number of benzene rings is 1. The van der Waals surface area contributed by atoms with Gasteiger partial charge in [0.2, 0.25) is 0 Å². The molecule has 0 aliphatic heterocycles. The number of nitrogens with zero attached hydrogens (tertiary/aromatic N) is 1. The van der Waals surface area contributed by atoms with Gasteiger partial charge in [0.25, 0.3) is 0 Å². The topological polar surface area (TPSA) is 24.5 Å². The lowest BCUT2D eigenvalue weighted by Crippen LogP contribution is -2.28. The molecular weight excluding hydrogens is 212 g/mol. The quantitative estimate of drug-likeness (QED) is 0.549. The minimum absolute atomic E-state index is 0.868. The summed E-state index contributed by atoms with van der Waals surface area (Å²) in [5, 5.41) is 3.29. The van der Waals surface area contributed by atoms with Crippen LogP contribution in [0.5, 0.6) is 5.75 Å². The van der Waals surface area contributed by atoms with Crippen LogP contribution in [-0.2, 0) is 6.54 Å². The molecule has 0 fully saturated rings. The molecule has 0 spiro atoms. The zero-order chi connectivity index (χ0) is 12.5. The molecule has 0 saturated heterocycles. The molecule has 1 aromatic carbocycles. The molecule has 0 radical (unpaired) electrons. The molecule has 0 saturated carbocycles. The highest BCUT2D eigenvalue weighted by Gasteiger charge is 2.01. The molecule has 3 heteroatoms. The van der Waals surface area contributed by atoms with Crippen molar-refractivity contribution in [2.24, 2.45) is 0 Å². The van der Waals surface area contributed by atoms with Gasteiger partial charge in [0.1, 0.15) is 5.75 Å². The number of hydrogen-bond donors (Lipinski definition) is 1. The normalized spacial score (nSPS) is 10.5. The Hall–Kier alpha value is -1.32. The summed E-state index contributed by atoms with van der Waals surface area (Å²) >= 11 is 0. The second-order valence-corrected chi connectivity index (χ2v) is 4.08. The third kappa shape index (κ3) is 5.52. The first-order valence-corrected chi connectivity index (χ1v) is 5.89. The fourth-order valence-corrected chi connectivity index (χ4v) is 1.64. The molecule has 0 bridgehead atoms. The van der Waals surface area contributed by atoms with Gasteiger partial charge in [-0.15, -0.1) is 6.58 Å². The van der Waals surface area contributed by atoms with E-state index >= 15 is 0 Å². The fraction of sp³-hybridized carbons (Fsp3) is 0.429. The molecule has 0 aromatic heterocycles. The average Bonchev–Trinajstić information content (AvgIpc) is 2.35. The third-order valence-electron chi connectivity index (χ3n) is 2.55. The highest BCUT2D eigenvalue weighted by atomic mass is 16.5.